The molecule has 0 aliphatic rings. The number of carbonyl (C=O) groups excluding carboxylic acids is 1. The molecule has 1 amide bonds. The van der Waals surface area contributed by atoms with Gasteiger partial charge in [0.1, 0.15) is 5.82 Å². The molecule has 0 saturated carbocycles. The van der Waals surface area contributed by atoms with E-state index in [0.717, 1.165) is 17.9 Å². The van der Waals surface area contributed by atoms with Crippen molar-refractivity contribution in [3.05, 3.63) is 23.3 Å². The van der Waals surface area contributed by atoms with E-state index in [1.807, 2.05) is 13.0 Å². The maximum atomic E-state index is 10.8. The van der Waals surface area contributed by atoms with Crippen molar-refractivity contribution >= 4 is 5.91 Å². The second-order valence-electron chi connectivity index (χ2n) is 4.58. The highest BCUT2D eigenvalue weighted by Crippen LogP contribution is 2.01. The lowest BCUT2D eigenvalue weighted by molar-refractivity contribution is -0.117. The summed E-state index contributed by atoms with van der Waals surface area (Å²) in [6, 6.07) is 1.91. The van der Waals surface area contributed by atoms with E-state index in [0.29, 0.717) is 18.3 Å². The van der Waals surface area contributed by atoms with E-state index in [-0.39, 0.29) is 6.42 Å². The molecule has 94 valence electrons. The first kappa shape index (κ1) is 13.6. The normalized spacial score (nSPS) is 10.8. The molecule has 5 heteroatoms. The average molecular weight is 236 g/mol. The number of amides is 1. The quantitative estimate of drug-likeness (QED) is 0.756. The third-order valence-corrected chi connectivity index (χ3v) is 2.14. The van der Waals surface area contributed by atoms with Crippen LogP contribution in [0.15, 0.2) is 6.07 Å². The molecule has 1 rings (SSSR count). The van der Waals surface area contributed by atoms with Gasteiger partial charge >= 0.3 is 0 Å². The summed E-state index contributed by atoms with van der Waals surface area (Å²) in [6.07, 6.45) is 0.0961. The summed E-state index contributed by atoms with van der Waals surface area (Å²) in [6.45, 7) is 7.81. The van der Waals surface area contributed by atoms with Gasteiger partial charge in [0, 0.05) is 12.2 Å². The molecule has 0 atom stereocenters. The predicted molar refractivity (Wildman–Crippen MR) is 66.2 cm³/mol. The maximum Gasteiger partial charge on any atom is 0.225 e. The molecule has 17 heavy (non-hydrogen) atoms. The van der Waals surface area contributed by atoms with Gasteiger partial charge in [-0.2, -0.15) is 0 Å². The van der Waals surface area contributed by atoms with Gasteiger partial charge in [-0.1, -0.05) is 13.8 Å². The minimum absolute atomic E-state index is 0.0961. The molecule has 1 aromatic heterocycles. The molecule has 1 aromatic rings. The van der Waals surface area contributed by atoms with Gasteiger partial charge < -0.3 is 11.1 Å². The fourth-order valence-electron chi connectivity index (χ4n) is 1.51. The SMILES string of the molecule is Cc1cc(CNCC(C)C)nc(CC(N)=O)n1. The van der Waals surface area contributed by atoms with Crippen molar-refractivity contribution in [3.8, 4) is 0 Å². The molecule has 0 unspecified atom stereocenters. The summed E-state index contributed by atoms with van der Waals surface area (Å²) in [5.41, 5.74) is 6.89. The molecule has 3 N–H and O–H groups in total. The largest absolute Gasteiger partial charge is 0.369 e. The van der Waals surface area contributed by atoms with Crippen LogP contribution in [0.2, 0.25) is 0 Å². The molecule has 0 aromatic carbocycles. The molecular formula is C12H20N4O. The molecule has 0 radical (unpaired) electrons. The summed E-state index contributed by atoms with van der Waals surface area (Å²) < 4.78 is 0. The van der Waals surface area contributed by atoms with Crippen LogP contribution in [0.4, 0.5) is 0 Å². The Morgan fingerprint density at radius 2 is 2.18 bits per heavy atom. The average Bonchev–Trinajstić information content (AvgIpc) is 2.14. The van der Waals surface area contributed by atoms with Gasteiger partial charge in [0.15, 0.2) is 0 Å². The second-order valence-corrected chi connectivity index (χ2v) is 4.58. The van der Waals surface area contributed by atoms with Crippen LogP contribution < -0.4 is 11.1 Å². The summed E-state index contributed by atoms with van der Waals surface area (Å²) in [5, 5.41) is 3.30. The van der Waals surface area contributed by atoms with Crippen LogP contribution in [0.25, 0.3) is 0 Å². The number of nitrogens with zero attached hydrogens (tertiary/aromatic N) is 2. The Morgan fingerprint density at radius 1 is 1.47 bits per heavy atom. The molecule has 1 heterocycles. The Hall–Kier alpha value is -1.49. The second kappa shape index (κ2) is 6.30. The van der Waals surface area contributed by atoms with Crippen LogP contribution in [-0.4, -0.2) is 22.4 Å². The number of hydrogen-bond acceptors (Lipinski definition) is 4. The number of aryl methyl sites for hydroxylation is 1. The van der Waals surface area contributed by atoms with Gasteiger partial charge in [0.25, 0.3) is 0 Å². The van der Waals surface area contributed by atoms with Gasteiger partial charge in [-0.15, -0.1) is 0 Å². The van der Waals surface area contributed by atoms with E-state index in [1.165, 1.54) is 0 Å². The van der Waals surface area contributed by atoms with Gasteiger partial charge in [-0.25, -0.2) is 9.97 Å². The minimum Gasteiger partial charge on any atom is -0.369 e. The number of primary amides is 1. The van der Waals surface area contributed by atoms with E-state index in [1.54, 1.807) is 0 Å². The molecule has 5 nitrogen and oxygen atoms in total. The van der Waals surface area contributed by atoms with Crippen molar-refractivity contribution in [2.24, 2.45) is 11.7 Å². The maximum absolute atomic E-state index is 10.8. The molecule has 0 aliphatic carbocycles. The number of aromatic nitrogens is 2. The van der Waals surface area contributed by atoms with Crippen LogP contribution in [0.1, 0.15) is 31.1 Å². The molecular weight excluding hydrogens is 216 g/mol. The van der Waals surface area contributed by atoms with Gasteiger partial charge in [0.2, 0.25) is 5.91 Å². The monoisotopic (exact) mass is 236 g/mol. The van der Waals surface area contributed by atoms with Crippen LogP contribution in [0.3, 0.4) is 0 Å². The molecule has 0 saturated heterocycles. The van der Waals surface area contributed by atoms with Crippen LogP contribution in [-0.2, 0) is 17.8 Å². The molecule has 0 spiro atoms. The number of rotatable bonds is 6. The van der Waals surface area contributed by atoms with Crippen molar-refractivity contribution < 1.29 is 4.79 Å². The third kappa shape index (κ3) is 5.40. The predicted octanol–water partition coefficient (Wildman–Crippen LogP) is 0.558. The fourth-order valence-corrected chi connectivity index (χ4v) is 1.51. The van der Waals surface area contributed by atoms with E-state index in [4.69, 9.17) is 5.73 Å². The number of carbonyl (C=O) groups is 1. The lowest BCUT2D eigenvalue weighted by Gasteiger charge is -2.08. The van der Waals surface area contributed by atoms with Crippen molar-refractivity contribution in [2.75, 3.05) is 6.54 Å². The highest BCUT2D eigenvalue weighted by molar-refractivity contribution is 5.75. The van der Waals surface area contributed by atoms with E-state index in [9.17, 15) is 4.79 Å². The molecule has 0 fully saturated rings. The highest BCUT2D eigenvalue weighted by Gasteiger charge is 2.05. The standard InChI is InChI=1S/C12H20N4O/c1-8(2)6-14-7-10-4-9(3)15-12(16-10)5-11(13)17/h4,8,14H,5-7H2,1-3H3,(H2,13,17). The minimum atomic E-state index is -0.406. The van der Waals surface area contributed by atoms with Crippen molar-refractivity contribution in [2.45, 2.75) is 33.7 Å². The lowest BCUT2D eigenvalue weighted by atomic mass is 10.2. The summed E-state index contributed by atoms with van der Waals surface area (Å²) in [7, 11) is 0. The first-order chi connectivity index (χ1) is 7.97. The fraction of sp³-hybridized carbons (Fsp3) is 0.583. The highest BCUT2D eigenvalue weighted by atomic mass is 16.1. The lowest BCUT2D eigenvalue weighted by Crippen LogP contribution is -2.21. The third-order valence-electron chi connectivity index (χ3n) is 2.14. The van der Waals surface area contributed by atoms with Crippen molar-refractivity contribution in [1.29, 1.82) is 0 Å². The van der Waals surface area contributed by atoms with Crippen molar-refractivity contribution in [3.63, 3.8) is 0 Å². The van der Waals surface area contributed by atoms with Gasteiger partial charge in [-0.05, 0) is 25.5 Å². The van der Waals surface area contributed by atoms with E-state index >= 15 is 0 Å². The molecule has 0 bridgehead atoms. The number of nitrogens with one attached hydrogen (secondary N) is 1. The molecule has 0 aliphatic heterocycles. The number of hydrogen-bond donors (Lipinski definition) is 2. The zero-order valence-corrected chi connectivity index (χ0v) is 10.7. The summed E-state index contributed by atoms with van der Waals surface area (Å²) in [4.78, 5) is 19.3. The van der Waals surface area contributed by atoms with Gasteiger partial charge in [0.05, 0.1) is 12.1 Å². The van der Waals surface area contributed by atoms with Crippen molar-refractivity contribution in [1.82, 2.24) is 15.3 Å². The summed E-state index contributed by atoms with van der Waals surface area (Å²) in [5.74, 6) is 0.693. The van der Waals surface area contributed by atoms with Crippen LogP contribution >= 0.6 is 0 Å². The van der Waals surface area contributed by atoms with Crippen LogP contribution in [0, 0.1) is 12.8 Å². The summed E-state index contributed by atoms with van der Waals surface area (Å²) >= 11 is 0. The Morgan fingerprint density at radius 3 is 2.76 bits per heavy atom. The Labute approximate surface area is 102 Å². The van der Waals surface area contributed by atoms with E-state index in [2.05, 4.69) is 29.1 Å². The van der Waals surface area contributed by atoms with Crippen LogP contribution in [0.5, 0.6) is 0 Å². The van der Waals surface area contributed by atoms with E-state index < -0.39 is 5.91 Å². The number of nitrogens with two attached hydrogens (primary N) is 1. The zero-order chi connectivity index (χ0) is 12.8. The smallest absolute Gasteiger partial charge is 0.225 e. The topological polar surface area (TPSA) is 80.9 Å². The Balaban J connectivity index is 2.65. The first-order valence-electron chi connectivity index (χ1n) is 5.80. The first-order valence-corrected chi connectivity index (χ1v) is 5.80. The Kier molecular flexibility index (Phi) is 5.03. The Bertz CT molecular complexity index is 390. The zero-order valence-electron chi connectivity index (χ0n) is 10.7. The van der Waals surface area contributed by atoms with Gasteiger partial charge in [-0.3, -0.25) is 4.79 Å².